The molecule has 0 amide bonds. The summed E-state index contributed by atoms with van der Waals surface area (Å²) in [5.41, 5.74) is 1.66. The number of fused-ring (bicyclic) bond motifs is 3. The summed E-state index contributed by atoms with van der Waals surface area (Å²) in [6.07, 6.45) is 5.51. The SMILES string of the molecule is C=C(C)[C@]1(C)O[C@H]2C[C@@]34C[C@H](C(C)(C)[C@@H]3CC[C@H]4C)[C@@]2(C)O1. The van der Waals surface area contributed by atoms with E-state index in [0.717, 1.165) is 17.4 Å². The standard InChI is InChI=1S/C20H32O2/c1-12(2)19(7)21-16-11-20-10-15(18(16,6)22-19)17(4,5)14(20)9-8-13(20)3/h13-16H,1,8-11H2,2-7H3/t13-,14+,15-,16+,18-,19-,20-/m1/s1. The van der Waals surface area contributed by atoms with Crippen LogP contribution in [0.1, 0.15) is 67.2 Å². The molecule has 4 aliphatic rings. The van der Waals surface area contributed by atoms with Gasteiger partial charge >= 0.3 is 0 Å². The second-order valence-electron chi connectivity index (χ2n) is 9.66. The van der Waals surface area contributed by atoms with Crippen LogP contribution in [0.3, 0.4) is 0 Å². The molecular formula is C20H32O2. The minimum Gasteiger partial charge on any atom is -0.340 e. The average molecular weight is 304 g/mol. The largest absolute Gasteiger partial charge is 0.340 e. The quantitative estimate of drug-likeness (QED) is 0.639. The molecule has 1 spiro atoms. The zero-order valence-corrected chi connectivity index (χ0v) is 15.2. The highest BCUT2D eigenvalue weighted by Gasteiger charge is 2.74. The molecule has 22 heavy (non-hydrogen) atoms. The molecule has 4 rings (SSSR count). The van der Waals surface area contributed by atoms with Crippen molar-refractivity contribution in [1.29, 1.82) is 0 Å². The molecule has 0 unspecified atom stereocenters. The first-order valence-electron chi connectivity index (χ1n) is 9.10. The van der Waals surface area contributed by atoms with Gasteiger partial charge in [0.25, 0.3) is 0 Å². The van der Waals surface area contributed by atoms with Crippen molar-refractivity contribution in [2.24, 2.45) is 28.6 Å². The van der Waals surface area contributed by atoms with Gasteiger partial charge in [-0.1, -0.05) is 27.4 Å². The molecule has 0 N–H and O–H groups in total. The van der Waals surface area contributed by atoms with Crippen LogP contribution in [0.5, 0.6) is 0 Å². The van der Waals surface area contributed by atoms with E-state index in [1.807, 2.05) is 6.92 Å². The van der Waals surface area contributed by atoms with Crippen molar-refractivity contribution in [2.45, 2.75) is 84.7 Å². The van der Waals surface area contributed by atoms with Crippen LogP contribution in [0.25, 0.3) is 0 Å². The summed E-state index contributed by atoms with van der Waals surface area (Å²) in [7, 11) is 0. The van der Waals surface area contributed by atoms with E-state index in [9.17, 15) is 0 Å². The van der Waals surface area contributed by atoms with Gasteiger partial charge in [0.15, 0.2) is 5.79 Å². The monoisotopic (exact) mass is 304 g/mol. The molecule has 1 aliphatic heterocycles. The van der Waals surface area contributed by atoms with Gasteiger partial charge in [0.05, 0.1) is 11.7 Å². The molecular weight excluding hydrogens is 272 g/mol. The minimum absolute atomic E-state index is 0.160. The average Bonchev–Trinajstić information content (AvgIpc) is 2.92. The third-order valence-corrected chi connectivity index (χ3v) is 8.40. The number of rotatable bonds is 1. The fraction of sp³-hybridized carbons (Fsp3) is 0.900. The molecule has 1 saturated heterocycles. The third kappa shape index (κ3) is 1.50. The fourth-order valence-electron chi connectivity index (χ4n) is 7.02. The van der Waals surface area contributed by atoms with Gasteiger partial charge in [-0.15, -0.1) is 0 Å². The molecule has 3 aliphatic carbocycles. The maximum absolute atomic E-state index is 6.64. The fourth-order valence-corrected chi connectivity index (χ4v) is 7.02. The molecule has 7 atom stereocenters. The zero-order valence-electron chi connectivity index (χ0n) is 15.2. The highest BCUT2D eigenvalue weighted by Crippen LogP contribution is 2.75. The molecule has 124 valence electrons. The van der Waals surface area contributed by atoms with Crippen LogP contribution < -0.4 is 0 Å². The van der Waals surface area contributed by atoms with Crippen LogP contribution >= 0.6 is 0 Å². The summed E-state index contributed by atoms with van der Waals surface area (Å²) in [6.45, 7) is 18.0. The highest BCUT2D eigenvalue weighted by atomic mass is 16.8. The summed E-state index contributed by atoms with van der Waals surface area (Å²) in [5, 5.41) is 0. The maximum Gasteiger partial charge on any atom is 0.188 e. The van der Waals surface area contributed by atoms with Crippen molar-refractivity contribution in [2.75, 3.05) is 0 Å². The van der Waals surface area contributed by atoms with E-state index >= 15 is 0 Å². The van der Waals surface area contributed by atoms with Gasteiger partial charge < -0.3 is 9.47 Å². The maximum atomic E-state index is 6.64. The first-order valence-corrected chi connectivity index (χ1v) is 9.10. The number of hydrogen-bond acceptors (Lipinski definition) is 2. The molecule has 0 aromatic carbocycles. The van der Waals surface area contributed by atoms with Gasteiger partial charge in [-0.2, -0.15) is 0 Å². The van der Waals surface area contributed by atoms with E-state index in [1.54, 1.807) is 0 Å². The van der Waals surface area contributed by atoms with E-state index in [1.165, 1.54) is 25.7 Å². The Kier molecular flexibility index (Phi) is 2.77. The van der Waals surface area contributed by atoms with Crippen LogP contribution in [0.4, 0.5) is 0 Å². The van der Waals surface area contributed by atoms with Crippen LogP contribution in [0.15, 0.2) is 12.2 Å². The van der Waals surface area contributed by atoms with Crippen LogP contribution in [0, 0.1) is 28.6 Å². The van der Waals surface area contributed by atoms with Gasteiger partial charge in [0.2, 0.25) is 0 Å². The van der Waals surface area contributed by atoms with Crippen molar-refractivity contribution in [3.8, 4) is 0 Å². The van der Waals surface area contributed by atoms with E-state index in [0.29, 0.717) is 16.7 Å². The molecule has 0 radical (unpaired) electrons. The molecule has 0 aromatic heterocycles. The molecule has 2 nitrogen and oxygen atoms in total. The lowest BCUT2D eigenvalue weighted by atomic mass is 9.63. The van der Waals surface area contributed by atoms with Crippen molar-refractivity contribution in [3.05, 3.63) is 12.2 Å². The van der Waals surface area contributed by atoms with Crippen LogP contribution in [0.2, 0.25) is 0 Å². The normalized spacial score (nSPS) is 58.5. The molecule has 2 heteroatoms. The predicted octanol–water partition coefficient (Wildman–Crippen LogP) is 4.94. The van der Waals surface area contributed by atoms with E-state index < -0.39 is 5.79 Å². The highest BCUT2D eigenvalue weighted by molar-refractivity contribution is 5.23. The Balaban J connectivity index is 1.80. The molecule has 1 heterocycles. The Morgan fingerprint density at radius 1 is 1.05 bits per heavy atom. The van der Waals surface area contributed by atoms with E-state index in [4.69, 9.17) is 9.47 Å². The topological polar surface area (TPSA) is 18.5 Å². The number of ether oxygens (including phenoxy) is 2. The predicted molar refractivity (Wildman–Crippen MR) is 88.4 cm³/mol. The molecule has 0 aromatic rings. The first kappa shape index (κ1) is 15.2. The summed E-state index contributed by atoms with van der Waals surface area (Å²) in [4.78, 5) is 0. The third-order valence-electron chi connectivity index (χ3n) is 8.40. The van der Waals surface area contributed by atoms with Crippen LogP contribution in [-0.2, 0) is 9.47 Å². The van der Waals surface area contributed by atoms with Crippen molar-refractivity contribution >= 4 is 0 Å². The van der Waals surface area contributed by atoms with Gasteiger partial charge in [0, 0.05) is 0 Å². The van der Waals surface area contributed by atoms with Crippen molar-refractivity contribution in [3.63, 3.8) is 0 Å². The Hall–Kier alpha value is -0.340. The lowest BCUT2D eigenvalue weighted by molar-refractivity contribution is -0.164. The van der Waals surface area contributed by atoms with Gasteiger partial charge in [0.1, 0.15) is 0 Å². The summed E-state index contributed by atoms with van der Waals surface area (Å²) < 4.78 is 13.2. The summed E-state index contributed by atoms with van der Waals surface area (Å²) in [6, 6.07) is 0. The van der Waals surface area contributed by atoms with Gasteiger partial charge in [-0.25, -0.2) is 0 Å². The Morgan fingerprint density at radius 3 is 2.36 bits per heavy atom. The van der Waals surface area contributed by atoms with Gasteiger partial charge in [-0.05, 0) is 80.6 Å². The van der Waals surface area contributed by atoms with E-state index in [-0.39, 0.29) is 11.7 Å². The Morgan fingerprint density at radius 2 is 1.73 bits per heavy atom. The second-order valence-corrected chi connectivity index (χ2v) is 9.66. The van der Waals surface area contributed by atoms with Crippen molar-refractivity contribution in [1.82, 2.24) is 0 Å². The zero-order chi connectivity index (χ0) is 16.1. The smallest absolute Gasteiger partial charge is 0.188 e. The minimum atomic E-state index is -0.603. The summed E-state index contributed by atoms with van der Waals surface area (Å²) >= 11 is 0. The van der Waals surface area contributed by atoms with Crippen LogP contribution in [-0.4, -0.2) is 17.5 Å². The Bertz CT molecular complexity index is 538. The van der Waals surface area contributed by atoms with Crippen molar-refractivity contribution < 1.29 is 9.47 Å². The van der Waals surface area contributed by atoms with E-state index in [2.05, 4.69) is 41.2 Å². The first-order chi connectivity index (χ1) is 10.1. The lowest BCUT2D eigenvalue weighted by Crippen LogP contribution is -2.52. The molecule has 3 saturated carbocycles. The molecule has 4 fully saturated rings. The number of hydrogen-bond donors (Lipinski definition) is 0. The molecule has 2 bridgehead atoms. The van der Waals surface area contributed by atoms with Gasteiger partial charge in [-0.3, -0.25) is 0 Å². The second kappa shape index (κ2) is 4.00. The Labute approximate surface area is 135 Å². The lowest BCUT2D eigenvalue weighted by Gasteiger charge is -2.47. The summed E-state index contributed by atoms with van der Waals surface area (Å²) in [5.74, 6) is 1.65.